The van der Waals surface area contributed by atoms with Crippen molar-refractivity contribution in [2.45, 2.75) is 38.3 Å². The average Bonchev–Trinajstić information content (AvgIpc) is 2.36. The zero-order valence-corrected chi connectivity index (χ0v) is 12.8. The molecule has 0 spiro atoms. The summed E-state index contributed by atoms with van der Waals surface area (Å²) in [6.07, 6.45) is 0. The second-order valence-corrected chi connectivity index (χ2v) is 7.46. The summed E-state index contributed by atoms with van der Waals surface area (Å²) in [5.41, 5.74) is 7.22. The molecule has 108 valence electrons. The SMILES string of the molecule is COc1ccc(CS(=O)(=O)C(C)C(C)C)cc1CN. The van der Waals surface area contributed by atoms with Crippen molar-refractivity contribution in [3.63, 3.8) is 0 Å². The standard InChI is InChI=1S/C14H23NO3S/c1-10(2)11(3)19(16,17)9-12-5-6-14(18-4)13(7-12)8-15/h5-7,10-11H,8-9,15H2,1-4H3. The number of hydrogen-bond donors (Lipinski definition) is 1. The highest BCUT2D eigenvalue weighted by Gasteiger charge is 2.24. The molecule has 2 N–H and O–H groups in total. The van der Waals surface area contributed by atoms with Crippen LogP contribution in [0.15, 0.2) is 18.2 Å². The summed E-state index contributed by atoms with van der Waals surface area (Å²) in [5, 5.41) is -0.351. The minimum Gasteiger partial charge on any atom is -0.496 e. The second kappa shape index (κ2) is 6.39. The topological polar surface area (TPSA) is 69.4 Å². The Bertz CT molecular complexity index is 523. The highest BCUT2D eigenvalue weighted by Crippen LogP contribution is 2.23. The van der Waals surface area contributed by atoms with Crippen LogP contribution in [0.5, 0.6) is 5.75 Å². The molecule has 19 heavy (non-hydrogen) atoms. The summed E-state index contributed by atoms with van der Waals surface area (Å²) in [4.78, 5) is 0. The Morgan fingerprint density at radius 2 is 1.89 bits per heavy atom. The summed E-state index contributed by atoms with van der Waals surface area (Å²) in [6.45, 7) is 5.92. The molecule has 1 aromatic carbocycles. The summed E-state index contributed by atoms with van der Waals surface area (Å²) in [7, 11) is -1.56. The number of ether oxygens (including phenoxy) is 1. The van der Waals surface area contributed by atoms with Crippen LogP contribution >= 0.6 is 0 Å². The van der Waals surface area contributed by atoms with E-state index in [9.17, 15) is 8.42 Å². The van der Waals surface area contributed by atoms with Crippen molar-refractivity contribution in [2.24, 2.45) is 11.7 Å². The maximum atomic E-state index is 12.2. The molecule has 1 rings (SSSR count). The van der Waals surface area contributed by atoms with Crippen LogP contribution in [0.2, 0.25) is 0 Å². The third-order valence-corrected chi connectivity index (χ3v) is 5.85. The van der Waals surface area contributed by atoms with E-state index in [-0.39, 0.29) is 16.9 Å². The van der Waals surface area contributed by atoms with E-state index in [0.29, 0.717) is 12.3 Å². The molecule has 1 atom stereocenters. The molecule has 0 saturated heterocycles. The molecule has 5 heteroatoms. The molecule has 0 radical (unpaired) electrons. The van der Waals surface area contributed by atoms with E-state index in [1.54, 1.807) is 26.2 Å². The van der Waals surface area contributed by atoms with Crippen LogP contribution < -0.4 is 10.5 Å². The van der Waals surface area contributed by atoms with Gasteiger partial charge in [0.05, 0.1) is 18.1 Å². The van der Waals surface area contributed by atoms with E-state index in [0.717, 1.165) is 11.1 Å². The highest BCUT2D eigenvalue weighted by molar-refractivity contribution is 7.91. The minimum atomic E-state index is -3.14. The molecule has 0 aromatic heterocycles. The van der Waals surface area contributed by atoms with Crippen LogP contribution in [0.1, 0.15) is 31.9 Å². The van der Waals surface area contributed by atoms with Crippen LogP contribution in [0.25, 0.3) is 0 Å². The summed E-state index contributed by atoms with van der Waals surface area (Å²) >= 11 is 0. The summed E-state index contributed by atoms with van der Waals surface area (Å²) in [6, 6.07) is 5.36. The van der Waals surface area contributed by atoms with Gasteiger partial charge in [0.1, 0.15) is 5.75 Å². The zero-order valence-electron chi connectivity index (χ0n) is 12.0. The Morgan fingerprint density at radius 1 is 1.26 bits per heavy atom. The predicted octanol–water partition coefficient (Wildman–Crippen LogP) is 2.11. The Hall–Kier alpha value is -1.07. The average molecular weight is 285 g/mol. The van der Waals surface area contributed by atoms with Crippen LogP contribution in [0.4, 0.5) is 0 Å². The van der Waals surface area contributed by atoms with Gasteiger partial charge >= 0.3 is 0 Å². The number of rotatable bonds is 6. The number of nitrogens with two attached hydrogens (primary N) is 1. The van der Waals surface area contributed by atoms with Gasteiger partial charge in [0.25, 0.3) is 0 Å². The van der Waals surface area contributed by atoms with E-state index < -0.39 is 9.84 Å². The van der Waals surface area contributed by atoms with Gasteiger partial charge in [-0.15, -0.1) is 0 Å². The lowest BCUT2D eigenvalue weighted by Gasteiger charge is -2.17. The van der Waals surface area contributed by atoms with Crippen LogP contribution in [-0.2, 0) is 22.1 Å². The van der Waals surface area contributed by atoms with Gasteiger partial charge in [0.15, 0.2) is 9.84 Å². The number of methoxy groups -OCH3 is 1. The van der Waals surface area contributed by atoms with Gasteiger partial charge in [-0.25, -0.2) is 8.42 Å². The monoisotopic (exact) mass is 285 g/mol. The molecule has 0 aliphatic heterocycles. The fourth-order valence-electron chi connectivity index (χ4n) is 1.86. The highest BCUT2D eigenvalue weighted by atomic mass is 32.2. The van der Waals surface area contributed by atoms with Crippen molar-refractivity contribution in [2.75, 3.05) is 7.11 Å². The molecule has 0 bridgehead atoms. The Balaban J connectivity index is 3.00. The van der Waals surface area contributed by atoms with E-state index in [1.807, 2.05) is 19.9 Å². The van der Waals surface area contributed by atoms with Crippen LogP contribution in [0, 0.1) is 5.92 Å². The minimum absolute atomic E-state index is 0.0450. The maximum Gasteiger partial charge on any atom is 0.157 e. The Kier molecular flexibility index (Phi) is 5.38. The predicted molar refractivity (Wildman–Crippen MR) is 77.8 cm³/mol. The Morgan fingerprint density at radius 3 is 2.37 bits per heavy atom. The van der Waals surface area contributed by atoms with Crippen molar-refractivity contribution >= 4 is 9.84 Å². The molecule has 0 saturated carbocycles. The van der Waals surface area contributed by atoms with Crippen LogP contribution in [0.3, 0.4) is 0 Å². The molecule has 1 aromatic rings. The fraction of sp³-hybridized carbons (Fsp3) is 0.571. The van der Waals surface area contributed by atoms with Gasteiger partial charge in [0.2, 0.25) is 0 Å². The smallest absolute Gasteiger partial charge is 0.157 e. The first-order chi connectivity index (χ1) is 8.81. The largest absolute Gasteiger partial charge is 0.496 e. The van der Waals surface area contributed by atoms with E-state index >= 15 is 0 Å². The maximum absolute atomic E-state index is 12.2. The zero-order chi connectivity index (χ0) is 14.6. The molecule has 0 amide bonds. The molecular weight excluding hydrogens is 262 g/mol. The van der Waals surface area contributed by atoms with Crippen LogP contribution in [-0.4, -0.2) is 20.8 Å². The number of hydrogen-bond acceptors (Lipinski definition) is 4. The van der Waals surface area contributed by atoms with Gasteiger partial charge in [-0.2, -0.15) is 0 Å². The Labute approximate surface area is 115 Å². The van der Waals surface area contributed by atoms with Crippen molar-refractivity contribution in [1.82, 2.24) is 0 Å². The lowest BCUT2D eigenvalue weighted by Crippen LogP contribution is -2.24. The lowest BCUT2D eigenvalue weighted by molar-refractivity contribution is 0.409. The van der Waals surface area contributed by atoms with Crippen molar-refractivity contribution in [3.8, 4) is 5.75 Å². The summed E-state index contributed by atoms with van der Waals surface area (Å²) < 4.78 is 29.6. The number of sulfone groups is 1. The number of benzene rings is 1. The summed E-state index contributed by atoms with van der Waals surface area (Å²) in [5.74, 6) is 0.848. The lowest BCUT2D eigenvalue weighted by atomic mass is 10.1. The molecule has 4 nitrogen and oxygen atoms in total. The van der Waals surface area contributed by atoms with E-state index in [1.165, 1.54) is 0 Å². The van der Waals surface area contributed by atoms with Crippen molar-refractivity contribution in [1.29, 1.82) is 0 Å². The van der Waals surface area contributed by atoms with Crippen molar-refractivity contribution in [3.05, 3.63) is 29.3 Å². The van der Waals surface area contributed by atoms with Gasteiger partial charge in [0, 0.05) is 12.1 Å². The third-order valence-electron chi connectivity index (χ3n) is 3.44. The molecule has 0 heterocycles. The first kappa shape index (κ1) is 16.0. The van der Waals surface area contributed by atoms with Gasteiger partial charge in [-0.3, -0.25) is 0 Å². The quantitative estimate of drug-likeness (QED) is 0.869. The van der Waals surface area contributed by atoms with Gasteiger partial charge in [-0.1, -0.05) is 19.9 Å². The third kappa shape index (κ3) is 3.94. The van der Waals surface area contributed by atoms with E-state index in [4.69, 9.17) is 10.5 Å². The fourth-order valence-corrected chi connectivity index (χ4v) is 3.60. The van der Waals surface area contributed by atoms with Gasteiger partial charge in [-0.05, 0) is 30.5 Å². The van der Waals surface area contributed by atoms with Gasteiger partial charge < -0.3 is 10.5 Å². The molecule has 0 aliphatic rings. The molecule has 1 unspecified atom stereocenters. The molecular formula is C14H23NO3S. The van der Waals surface area contributed by atoms with Crippen molar-refractivity contribution < 1.29 is 13.2 Å². The second-order valence-electron chi connectivity index (χ2n) is 5.11. The molecule has 0 aliphatic carbocycles. The molecule has 0 fully saturated rings. The normalized spacial score (nSPS) is 13.6. The van der Waals surface area contributed by atoms with E-state index in [2.05, 4.69) is 0 Å². The first-order valence-electron chi connectivity index (χ1n) is 6.39. The first-order valence-corrected chi connectivity index (χ1v) is 8.10.